The smallest absolute Gasteiger partial charge is 0.00187 e. The van der Waals surface area contributed by atoms with E-state index in [4.69, 9.17) is 0 Å². The van der Waals surface area contributed by atoms with Crippen LogP contribution in [0.5, 0.6) is 0 Å². The molecule has 0 saturated carbocycles. The van der Waals surface area contributed by atoms with E-state index in [0.717, 1.165) is 19.3 Å². The van der Waals surface area contributed by atoms with E-state index in [0.29, 0.717) is 5.92 Å². The first-order chi connectivity index (χ1) is 12.7. The minimum absolute atomic E-state index is 0.354. The molecule has 0 saturated heterocycles. The Labute approximate surface area is 160 Å². The van der Waals surface area contributed by atoms with Gasteiger partial charge in [0.15, 0.2) is 0 Å². The number of rotatable bonds is 6. The molecule has 1 aromatic rings. The fraction of sp³-hybridized carbons (Fsp3) is 0.308. The van der Waals surface area contributed by atoms with Crippen molar-refractivity contribution < 1.29 is 0 Å². The number of allylic oxidation sites excluding steroid dienone is 8. The van der Waals surface area contributed by atoms with Crippen LogP contribution in [0.25, 0.3) is 17.7 Å². The molecule has 2 rings (SSSR count). The van der Waals surface area contributed by atoms with Crippen molar-refractivity contribution in [1.29, 1.82) is 0 Å². The lowest BCUT2D eigenvalue weighted by molar-refractivity contribution is 0.749. The molecule has 26 heavy (non-hydrogen) atoms. The summed E-state index contributed by atoms with van der Waals surface area (Å²) in [6.45, 7) is 16.2. The predicted molar refractivity (Wildman–Crippen MR) is 120 cm³/mol. The zero-order chi connectivity index (χ0) is 19.4. The van der Waals surface area contributed by atoms with Gasteiger partial charge < -0.3 is 0 Å². The van der Waals surface area contributed by atoms with Crippen LogP contribution in [0.1, 0.15) is 52.5 Å². The van der Waals surface area contributed by atoms with E-state index in [1.807, 2.05) is 38.2 Å². The minimum Gasteiger partial charge on any atom is -0.102 e. The molecule has 0 nitrogen and oxygen atoms in total. The molecular formula is C26H34. The van der Waals surface area contributed by atoms with Crippen LogP contribution in [-0.4, -0.2) is 0 Å². The van der Waals surface area contributed by atoms with Crippen LogP contribution in [0.2, 0.25) is 0 Å². The molecule has 0 heterocycles. The lowest BCUT2D eigenvalue weighted by Gasteiger charge is -2.20. The molecule has 0 aliphatic heterocycles. The second-order valence-electron chi connectivity index (χ2n) is 6.27. The summed E-state index contributed by atoms with van der Waals surface area (Å²) in [5.41, 5.74) is 3.93. The van der Waals surface area contributed by atoms with E-state index < -0.39 is 0 Å². The molecule has 1 unspecified atom stereocenters. The van der Waals surface area contributed by atoms with Crippen molar-refractivity contribution in [3.63, 3.8) is 0 Å². The Bertz CT molecular complexity index is 793. The van der Waals surface area contributed by atoms with Gasteiger partial charge in [0.25, 0.3) is 0 Å². The van der Waals surface area contributed by atoms with Gasteiger partial charge in [0.1, 0.15) is 0 Å². The van der Waals surface area contributed by atoms with Crippen molar-refractivity contribution in [3.05, 3.63) is 89.4 Å². The van der Waals surface area contributed by atoms with E-state index >= 15 is 0 Å². The van der Waals surface area contributed by atoms with Crippen molar-refractivity contribution in [3.8, 4) is 0 Å². The number of hydrogen-bond donors (Lipinski definition) is 0. The van der Waals surface area contributed by atoms with Gasteiger partial charge in [0, 0.05) is 5.92 Å². The summed E-state index contributed by atoms with van der Waals surface area (Å²) in [6, 6.07) is 6.60. The van der Waals surface area contributed by atoms with Gasteiger partial charge in [-0.05, 0) is 67.2 Å². The minimum atomic E-state index is 0.354. The number of benzene rings is 1. The summed E-state index contributed by atoms with van der Waals surface area (Å²) in [5, 5.41) is 2.73. The van der Waals surface area contributed by atoms with E-state index in [2.05, 4.69) is 69.5 Å². The summed E-state index contributed by atoms with van der Waals surface area (Å²) in [5.74, 6) is 0.354. The van der Waals surface area contributed by atoms with Crippen LogP contribution in [0, 0.1) is 5.92 Å². The fourth-order valence-corrected chi connectivity index (χ4v) is 3.22. The Kier molecular flexibility index (Phi) is 10.1. The van der Waals surface area contributed by atoms with Gasteiger partial charge in [-0.15, -0.1) is 6.58 Å². The molecular weight excluding hydrogens is 312 g/mol. The lowest BCUT2D eigenvalue weighted by atomic mass is 9.84. The van der Waals surface area contributed by atoms with Crippen LogP contribution < -0.4 is 10.4 Å². The van der Waals surface area contributed by atoms with Crippen LogP contribution in [0.3, 0.4) is 0 Å². The SMILES string of the molecule is C/C=C\C.C=C/C=C(\C(=C/C)c1cccc2c1=CCCC=2)C(C=C)CC. The van der Waals surface area contributed by atoms with Gasteiger partial charge in [-0.25, -0.2) is 0 Å². The molecule has 1 atom stereocenters. The highest BCUT2D eigenvalue weighted by atomic mass is 14.2. The monoisotopic (exact) mass is 346 g/mol. The van der Waals surface area contributed by atoms with Crippen LogP contribution in [0.4, 0.5) is 0 Å². The maximum absolute atomic E-state index is 4.02. The van der Waals surface area contributed by atoms with Gasteiger partial charge in [-0.1, -0.05) is 80.3 Å². The number of hydrogen-bond acceptors (Lipinski definition) is 0. The maximum Gasteiger partial charge on any atom is 0.00187 e. The van der Waals surface area contributed by atoms with Gasteiger partial charge in [0.05, 0.1) is 0 Å². The molecule has 1 aliphatic rings. The summed E-state index contributed by atoms with van der Waals surface area (Å²) in [4.78, 5) is 0. The van der Waals surface area contributed by atoms with Gasteiger partial charge in [-0.3, -0.25) is 0 Å². The fourth-order valence-electron chi connectivity index (χ4n) is 3.22. The maximum atomic E-state index is 4.02. The lowest BCUT2D eigenvalue weighted by Crippen LogP contribution is -2.30. The van der Waals surface area contributed by atoms with E-state index in [-0.39, 0.29) is 0 Å². The van der Waals surface area contributed by atoms with Gasteiger partial charge in [-0.2, -0.15) is 0 Å². The highest BCUT2D eigenvalue weighted by Gasteiger charge is 2.15. The molecule has 0 N–H and O–H groups in total. The quantitative estimate of drug-likeness (QED) is 0.416. The van der Waals surface area contributed by atoms with E-state index in [1.165, 1.54) is 27.1 Å². The Balaban J connectivity index is 0.000000765. The molecule has 0 amide bonds. The van der Waals surface area contributed by atoms with Crippen molar-refractivity contribution >= 4 is 17.7 Å². The standard InChI is InChI=1S/C22H26.C4H8/c1-5-12-20(17(6-2)7-3)19(8-4)22-16-11-14-18-13-9-10-15-21(18)22;1-3-4-2/h5-6,8,11-17H,1-2,7,9-10H2,3-4H3;3-4H,1-2H3/b19-8+,20-12-;4-3-. The predicted octanol–water partition coefficient (Wildman–Crippen LogP) is 6.35. The van der Waals surface area contributed by atoms with Crippen molar-refractivity contribution in [1.82, 2.24) is 0 Å². The zero-order valence-electron chi connectivity index (χ0n) is 17.0. The van der Waals surface area contributed by atoms with Crippen molar-refractivity contribution in [2.75, 3.05) is 0 Å². The van der Waals surface area contributed by atoms with Crippen molar-refractivity contribution in [2.24, 2.45) is 5.92 Å². The molecule has 0 fully saturated rings. The first kappa shape index (κ1) is 21.7. The third-order valence-corrected chi connectivity index (χ3v) is 4.66. The van der Waals surface area contributed by atoms with Gasteiger partial charge in [0.2, 0.25) is 0 Å². The molecule has 0 heteroatoms. The average molecular weight is 347 g/mol. The zero-order valence-corrected chi connectivity index (χ0v) is 17.0. The first-order valence-corrected chi connectivity index (χ1v) is 9.67. The highest BCUT2D eigenvalue weighted by molar-refractivity contribution is 5.81. The first-order valence-electron chi connectivity index (χ1n) is 9.67. The summed E-state index contributed by atoms with van der Waals surface area (Å²) in [6.07, 6.45) is 20.3. The van der Waals surface area contributed by atoms with Gasteiger partial charge >= 0.3 is 0 Å². The topological polar surface area (TPSA) is 0 Å². The van der Waals surface area contributed by atoms with Crippen LogP contribution in [0.15, 0.2) is 73.4 Å². The summed E-state index contributed by atoms with van der Waals surface area (Å²) >= 11 is 0. The Morgan fingerprint density at radius 1 is 1.08 bits per heavy atom. The number of fused-ring (bicyclic) bond motifs is 1. The second kappa shape index (κ2) is 12.1. The average Bonchev–Trinajstić information content (AvgIpc) is 2.70. The Hall–Kier alpha value is -2.34. The highest BCUT2D eigenvalue weighted by Crippen LogP contribution is 2.30. The Morgan fingerprint density at radius 2 is 1.77 bits per heavy atom. The van der Waals surface area contributed by atoms with Crippen molar-refractivity contribution in [2.45, 2.75) is 47.0 Å². The molecule has 0 radical (unpaired) electrons. The largest absolute Gasteiger partial charge is 0.102 e. The molecule has 0 aromatic heterocycles. The summed E-state index contributed by atoms with van der Waals surface area (Å²) < 4.78 is 0. The molecule has 0 spiro atoms. The van der Waals surface area contributed by atoms with Crippen LogP contribution >= 0.6 is 0 Å². The Morgan fingerprint density at radius 3 is 2.31 bits per heavy atom. The summed E-state index contributed by atoms with van der Waals surface area (Å²) in [7, 11) is 0. The van der Waals surface area contributed by atoms with E-state index in [9.17, 15) is 0 Å². The molecule has 1 aromatic carbocycles. The third kappa shape index (κ3) is 5.59. The van der Waals surface area contributed by atoms with E-state index in [1.54, 1.807) is 0 Å². The van der Waals surface area contributed by atoms with Crippen LogP contribution in [-0.2, 0) is 0 Å². The molecule has 138 valence electrons. The third-order valence-electron chi connectivity index (χ3n) is 4.66. The molecule has 0 bridgehead atoms. The normalized spacial score (nSPS) is 15.1. The molecule has 1 aliphatic carbocycles. The second-order valence-corrected chi connectivity index (χ2v) is 6.27.